The number of aromatic nitrogens is 5. The van der Waals surface area contributed by atoms with Crippen LogP contribution >= 0.6 is 11.6 Å². The molecule has 5 aromatic rings. The molecule has 0 aliphatic rings. The number of nitrogens with one attached hydrogen (secondary N) is 2. The summed E-state index contributed by atoms with van der Waals surface area (Å²) in [5, 5.41) is 15.2. The summed E-state index contributed by atoms with van der Waals surface area (Å²) in [4.78, 5) is 8.58. The Morgan fingerprint density at radius 3 is 2.56 bits per heavy atom. The predicted molar refractivity (Wildman–Crippen MR) is 132 cm³/mol. The van der Waals surface area contributed by atoms with Crippen molar-refractivity contribution in [2.45, 2.75) is 5.03 Å². The Morgan fingerprint density at radius 1 is 1.06 bits per heavy atom. The number of hydrogen-bond acceptors (Lipinski definition) is 7. The lowest BCUT2D eigenvalue weighted by Gasteiger charge is -2.08. The highest BCUT2D eigenvalue weighted by molar-refractivity contribution is 7.90. The lowest BCUT2D eigenvalue weighted by Crippen LogP contribution is -2.16. The zero-order chi connectivity index (χ0) is 23.9. The molecule has 170 valence electrons. The van der Waals surface area contributed by atoms with Gasteiger partial charge < -0.3 is 10.7 Å². The van der Waals surface area contributed by atoms with E-state index < -0.39 is 10.0 Å². The molecule has 0 unspecified atom stereocenters. The van der Waals surface area contributed by atoms with Gasteiger partial charge in [0.25, 0.3) is 0 Å². The Balaban J connectivity index is 1.66. The number of pyridine rings is 2. The van der Waals surface area contributed by atoms with Gasteiger partial charge in [-0.05, 0) is 41.5 Å². The monoisotopic (exact) mass is 491 g/mol. The summed E-state index contributed by atoms with van der Waals surface area (Å²) < 4.78 is 29.8. The van der Waals surface area contributed by atoms with Gasteiger partial charge in [0.1, 0.15) is 16.7 Å². The number of halogens is 1. The molecule has 0 spiro atoms. The van der Waals surface area contributed by atoms with Crippen LogP contribution in [0.2, 0.25) is 5.02 Å². The molecular formula is C23H18ClN7O2S. The van der Waals surface area contributed by atoms with Gasteiger partial charge in [-0.15, -0.1) is 0 Å². The Kier molecular flexibility index (Phi) is 5.39. The highest BCUT2D eigenvalue weighted by atomic mass is 35.5. The fraction of sp³-hybridized carbons (Fsp3) is 0.0435. The summed E-state index contributed by atoms with van der Waals surface area (Å²) in [6, 6.07) is 12.5. The number of nitrogens with zero attached hydrogens (tertiary/aromatic N) is 5. The second-order valence-corrected chi connectivity index (χ2v) is 9.55. The summed E-state index contributed by atoms with van der Waals surface area (Å²) in [6.07, 6.45) is 8.79. The third-order valence-electron chi connectivity index (χ3n) is 5.32. The van der Waals surface area contributed by atoms with Crippen LogP contribution in [0.5, 0.6) is 0 Å². The second-order valence-electron chi connectivity index (χ2n) is 7.40. The Labute approximate surface area is 199 Å². The van der Waals surface area contributed by atoms with Gasteiger partial charge in [-0.1, -0.05) is 23.7 Å². The maximum Gasteiger partial charge on any atom is 0.301 e. The summed E-state index contributed by atoms with van der Waals surface area (Å²) in [7, 11) is -2.40. The smallest absolute Gasteiger partial charge is 0.301 e. The van der Waals surface area contributed by atoms with Crippen LogP contribution in [-0.4, -0.2) is 45.2 Å². The van der Waals surface area contributed by atoms with Crippen molar-refractivity contribution in [3.8, 4) is 11.1 Å². The van der Waals surface area contributed by atoms with E-state index in [1.54, 1.807) is 49.9 Å². The van der Waals surface area contributed by atoms with Crippen molar-refractivity contribution in [1.82, 2.24) is 28.9 Å². The van der Waals surface area contributed by atoms with Crippen LogP contribution in [0.4, 0.5) is 0 Å². The molecule has 0 bridgehead atoms. The predicted octanol–water partition coefficient (Wildman–Crippen LogP) is 3.85. The second kappa shape index (κ2) is 8.40. The molecule has 0 atom stereocenters. The fourth-order valence-corrected chi connectivity index (χ4v) is 5.11. The number of hydrogen-bond donors (Lipinski definition) is 2. The number of benzene rings is 1. The minimum absolute atomic E-state index is 0.0354. The van der Waals surface area contributed by atoms with E-state index in [1.165, 1.54) is 16.8 Å². The summed E-state index contributed by atoms with van der Waals surface area (Å²) in [5.74, 6) is 0. The number of imidazole rings is 1. The van der Waals surface area contributed by atoms with Crippen LogP contribution < -0.4 is 5.32 Å². The van der Waals surface area contributed by atoms with Crippen LogP contribution in [0.15, 0.2) is 78.5 Å². The van der Waals surface area contributed by atoms with Gasteiger partial charge >= 0.3 is 10.0 Å². The molecule has 34 heavy (non-hydrogen) atoms. The molecule has 4 heterocycles. The average Bonchev–Trinajstić information content (AvgIpc) is 3.47. The van der Waals surface area contributed by atoms with Gasteiger partial charge in [-0.3, -0.25) is 9.38 Å². The van der Waals surface area contributed by atoms with Crippen molar-refractivity contribution in [2.24, 2.45) is 0 Å². The van der Waals surface area contributed by atoms with Crippen molar-refractivity contribution in [1.29, 1.82) is 5.41 Å². The van der Waals surface area contributed by atoms with Crippen LogP contribution in [0.3, 0.4) is 0 Å². The van der Waals surface area contributed by atoms with Gasteiger partial charge in [0.2, 0.25) is 0 Å². The van der Waals surface area contributed by atoms with Crippen molar-refractivity contribution in [3.63, 3.8) is 0 Å². The van der Waals surface area contributed by atoms with E-state index in [2.05, 4.69) is 20.4 Å². The molecule has 0 amide bonds. The Hall–Kier alpha value is -4.02. The molecule has 0 saturated carbocycles. The molecule has 2 N–H and O–H groups in total. The molecule has 4 aromatic heterocycles. The molecule has 1 aromatic carbocycles. The Bertz CT molecular complexity index is 1690. The molecule has 9 nitrogen and oxygen atoms in total. The van der Waals surface area contributed by atoms with Crippen molar-refractivity contribution in [3.05, 3.63) is 84.0 Å². The van der Waals surface area contributed by atoms with E-state index in [-0.39, 0.29) is 5.03 Å². The van der Waals surface area contributed by atoms with Crippen molar-refractivity contribution in [2.75, 3.05) is 7.05 Å². The van der Waals surface area contributed by atoms with Crippen LogP contribution in [0, 0.1) is 5.41 Å². The van der Waals surface area contributed by atoms with Gasteiger partial charge in [0.05, 0.1) is 12.4 Å². The molecule has 0 saturated heterocycles. The van der Waals surface area contributed by atoms with Gasteiger partial charge in [0.15, 0.2) is 5.03 Å². The van der Waals surface area contributed by atoms with E-state index in [9.17, 15) is 8.42 Å². The maximum absolute atomic E-state index is 13.7. The third-order valence-corrected chi connectivity index (χ3v) is 7.15. The van der Waals surface area contributed by atoms with E-state index in [4.69, 9.17) is 17.0 Å². The lowest BCUT2D eigenvalue weighted by molar-refractivity contribution is 0.577. The molecule has 11 heteroatoms. The highest BCUT2D eigenvalue weighted by Crippen LogP contribution is 2.26. The van der Waals surface area contributed by atoms with Gasteiger partial charge in [-0.25, -0.2) is 4.98 Å². The maximum atomic E-state index is 13.7. The first-order valence-corrected chi connectivity index (χ1v) is 11.9. The number of fused-ring (bicyclic) bond motifs is 2. The zero-order valence-electron chi connectivity index (χ0n) is 17.8. The van der Waals surface area contributed by atoms with Crippen molar-refractivity contribution < 1.29 is 8.42 Å². The van der Waals surface area contributed by atoms with E-state index in [0.717, 1.165) is 21.4 Å². The first-order chi connectivity index (χ1) is 16.4. The summed E-state index contributed by atoms with van der Waals surface area (Å²) >= 11 is 6.00. The minimum atomic E-state index is -4.12. The first kappa shape index (κ1) is 21.8. The standard InChI is InChI=1S/C23H18ClN7O2S/c1-26-10-18(9-25)17-8-21-20(27-11-17)12-29-31(21)34(32,33)23-13-28-22-7-4-16(14-30(22)23)15-2-5-19(24)6-3-15/h2-14,25-26H,1H3/b18-10+,25-9?. The summed E-state index contributed by atoms with van der Waals surface area (Å²) in [6.45, 7) is 0. The van der Waals surface area contributed by atoms with Gasteiger partial charge in [-0.2, -0.15) is 17.6 Å². The third kappa shape index (κ3) is 3.62. The van der Waals surface area contributed by atoms with Crippen LogP contribution in [-0.2, 0) is 10.0 Å². The fourth-order valence-electron chi connectivity index (χ4n) is 3.65. The normalized spacial score (nSPS) is 12.4. The highest BCUT2D eigenvalue weighted by Gasteiger charge is 2.25. The molecule has 0 aliphatic heterocycles. The van der Waals surface area contributed by atoms with E-state index in [1.807, 2.05) is 18.2 Å². The number of rotatable bonds is 6. The quantitative estimate of drug-likeness (QED) is 0.348. The molecule has 0 aliphatic carbocycles. The SMILES string of the molecule is CN/C=C(\C=N)c1cnc2cnn(S(=O)(=O)c3cnc4ccc(-c5ccc(Cl)cc5)cn34)c2c1. The lowest BCUT2D eigenvalue weighted by atomic mass is 10.1. The van der Waals surface area contributed by atoms with Gasteiger partial charge in [0, 0.05) is 48.0 Å². The topological polar surface area (TPSA) is 118 Å². The first-order valence-electron chi connectivity index (χ1n) is 10.1. The minimum Gasteiger partial charge on any atom is -0.393 e. The molecule has 0 fully saturated rings. The molecular weight excluding hydrogens is 474 g/mol. The number of allylic oxidation sites excluding steroid dienone is 1. The van der Waals surface area contributed by atoms with Crippen LogP contribution in [0.1, 0.15) is 5.56 Å². The zero-order valence-corrected chi connectivity index (χ0v) is 19.4. The average molecular weight is 492 g/mol. The van der Waals surface area contributed by atoms with E-state index in [0.29, 0.717) is 32.8 Å². The van der Waals surface area contributed by atoms with Crippen LogP contribution in [0.25, 0.3) is 33.4 Å². The summed E-state index contributed by atoms with van der Waals surface area (Å²) in [5.41, 5.74) is 4.01. The Morgan fingerprint density at radius 2 is 1.82 bits per heavy atom. The van der Waals surface area contributed by atoms with E-state index >= 15 is 0 Å². The largest absolute Gasteiger partial charge is 0.393 e. The molecule has 0 radical (unpaired) electrons. The van der Waals surface area contributed by atoms with Crippen molar-refractivity contribution >= 4 is 50.1 Å². The molecule has 5 rings (SSSR count).